The number of carbonyl (C=O) groups excluding carboxylic acids is 1. The molecular weight excluding hydrogens is 402 g/mol. The van der Waals surface area contributed by atoms with Crippen LogP contribution in [0.15, 0.2) is 53.1 Å². The van der Waals surface area contributed by atoms with Crippen molar-refractivity contribution < 1.29 is 24.4 Å². The molecule has 1 aliphatic rings. The van der Waals surface area contributed by atoms with E-state index in [1.54, 1.807) is 5.94 Å². The van der Waals surface area contributed by atoms with Crippen molar-refractivity contribution in [3.8, 4) is 6.07 Å². The molecule has 0 radical (unpaired) electrons. The number of hydrogen-bond donors (Lipinski definition) is 2. The van der Waals surface area contributed by atoms with E-state index in [1.165, 1.54) is 30.3 Å². The smallest absolute Gasteiger partial charge is 0.334 e. The maximum Gasteiger partial charge on any atom is 0.334 e. The largest absolute Gasteiger partial charge is 0.494 e. The summed E-state index contributed by atoms with van der Waals surface area (Å²) in [5, 5.41) is 33.1. The summed E-state index contributed by atoms with van der Waals surface area (Å²) in [7, 11) is 0. The highest BCUT2D eigenvalue weighted by Crippen LogP contribution is 2.41. The minimum atomic E-state index is -1.17. The number of nitriles is 1. The maximum absolute atomic E-state index is 12.3. The Morgan fingerprint density at radius 3 is 2.58 bits per heavy atom. The minimum absolute atomic E-state index is 0.0416. The number of allylic oxidation sites excluding steroid dienone is 4. The van der Waals surface area contributed by atoms with Gasteiger partial charge in [-0.15, -0.1) is 0 Å². The van der Waals surface area contributed by atoms with E-state index >= 15 is 0 Å². The number of aliphatic carboxylic acids is 1. The lowest BCUT2D eigenvalue weighted by molar-refractivity contribution is -0.384. The van der Waals surface area contributed by atoms with E-state index in [4.69, 9.17) is 10.00 Å². The first-order chi connectivity index (χ1) is 14.9. The molecule has 1 aromatic rings. The Morgan fingerprint density at radius 2 is 2.03 bits per heavy atom. The number of carboxylic acids is 1. The molecule has 0 saturated heterocycles. The van der Waals surface area contributed by atoms with Crippen LogP contribution in [0.3, 0.4) is 0 Å². The molecule has 9 heteroatoms. The van der Waals surface area contributed by atoms with Gasteiger partial charge in [0.15, 0.2) is 0 Å². The molecule has 1 heterocycles. The van der Waals surface area contributed by atoms with E-state index in [0.29, 0.717) is 35.6 Å². The molecule has 0 fully saturated rings. The van der Waals surface area contributed by atoms with E-state index in [9.17, 15) is 24.8 Å². The Morgan fingerprint density at radius 1 is 1.32 bits per heavy atom. The number of rotatable bonds is 11. The SMILES string of the molecule is CCCC1=C(OCCC#N)C(c2ccc([N+](=O)[O-])cc2)C(C(=O)O)=C(CCC=C=O)N1. The number of nitro groups is 1. The molecule has 0 spiro atoms. The van der Waals surface area contributed by atoms with Crippen LogP contribution in [-0.2, 0) is 14.3 Å². The molecular formula is C22H23N3O6. The predicted molar refractivity (Wildman–Crippen MR) is 111 cm³/mol. The Balaban J connectivity index is 2.64. The Hall–Kier alpha value is -3.89. The van der Waals surface area contributed by atoms with Crippen molar-refractivity contribution in [3.05, 3.63) is 68.7 Å². The zero-order valence-corrected chi connectivity index (χ0v) is 17.1. The molecule has 31 heavy (non-hydrogen) atoms. The molecule has 0 bridgehead atoms. The Bertz CT molecular complexity index is 981. The van der Waals surface area contributed by atoms with Crippen molar-refractivity contribution in [1.29, 1.82) is 5.26 Å². The van der Waals surface area contributed by atoms with Gasteiger partial charge in [0.05, 0.1) is 34.6 Å². The molecule has 9 nitrogen and oxygen atoms in total. The molecule has 0 aromatic heterocycles. The third-order valence-electron chi connectivity index (χ3n) is 4.74. The van der Waals surface area contributed by atoms with Gasteiger partial charge in [-0.25, -0.2) is 9.59 Å². The molecule has 2 N–H and O–H groups in total. The first-order valence-corrected chi connectivity index (χ1v) is 9.84. The lowest BCUT2D eigenvalue weighted by atomic mass is 9.83. The van der Waals surface area contributed by atoms with E-state index in [0.717, 1.165) is 6.42 Å². The van der Waals surface area contributed by atoms with Gasteiger partial charge in [-0.1, -0.05) is 25.5 Å². The van der Waals surface area contributed by atoms with Crippen LogP contribution in [0.2, 0.25) is 0 Å². The highest BCUT2D eigenvalue weighted by Gasteiger charge is 2.36. The molecule has 162 valence electrons. The third-order valence-corrected chi connectivity index (χ3v) is 4.74. The molecule has 0 saturated carbocycles. The third kappa shape index (κ3) is 5.81. The van der Waals surface area contributed by atoms with Gasteiger partial charge < -0.3 is 15.2 Å². The van der Waals surface area contributed by atoms with Crippen LogP contribution in [0.25, 0.3) is 0 Å². The lowest BCUT2D eigenvalue weighted by Crippen LogP contribution is -2.31. The first-order valence-electron chi connectivity index (χ1n) is 9.84. The van der Waals surface area contributed by atoms with Gasteiger partial charge in [0.2, 0.25) is 0 Å². The van der Waals surface area contributed by atoms with Gasteiger partial charge in [-0.2, -0.15) is 5.26 Å². The number of non-ortho nitro benzene ring substituents is 1. The van der Waals surface area contributed by atoms with Crippen molar-refractivity contribution in [3.63, 3.8) is 0 Å². The van der Waals surface area contributed by atoms with Crippen LogP contribution in [0.4, 0.5) is 5.69 Å². The normalized spacial score (nSPS) is 15.5. The van der Waals surface area contributed by atoms with Gasteiger partial charge in [0, 0.05) is 23.9 Å². The molecule has 1 unspecified atom stereocenters. The number of carboxylic acid groups (broad SMARTS) is 1. The number of benzene rings is 1. The average Bonchev–Trinajstić information content (AvgIpc) is 2.75. The lowest BCUT2D eigenvalue weighted by Gasteiger charge is -2.32. The van der Waals surface area contributed by atoms with Crippen LogP contribution < -0.4 is 5.32 Å². The fraction of sp³-hybridized carbons (Fsp3) is 0.364. The Kier molecular flexibility index (Phi) is 8.55. The second-order valence-electron chi connectivity index (χ2n) is 6.81. The van der Waals surface area contributed by atoms with E-state index in [1.807, 2.05) is 13.0 Å². The maximum atomic E-state index is 12.3. The van der Waals surface area contributed by atoms with E-state index in [2.05, 4.69) is 5.32 Å². The summed E-state index contributed by atoms with van der Waals surface area (Å²) in [6, 6.07) is 7.65. The second-order valence-corrected chi connectivity index (χ2v) is 6.81. The zero-order chi connectivity index (χ0) is 22.8. The van der Waals surface area contributed by atoms with Crippen LogP contribution in [-0.4, -0.2) is 28.5 Å². The number of nitrogens with one attached hydrogen (secondary N) is 1. The van der Waals surface area contributed by atoms with Gasteiger partial charge in [-0.3, -0.25) is 10.1 Å². The van der Waals surface area contributed by atoms with Gasteiger partial charge >= 0.3 is 5.97 Å². The monoisotopic (exact) mass is 425 g/mol. The molecule has 1 aliphatic heterocycles. The zero-order valence-electron chi connectivity index (χ0n) is 17.1. The number of carbonyl (C=O) groups is 1. The van der Waals surface area contributed by atoms with E-state index < -0.39 is 16.8 Å². The van der Waals surface area contributed by atoms with Crippen molar-refractivity contribution >= 4 is 17.6 Å². The fourth-order valence-corrected chi connectivity index (χ4v) is 3.44. The summed E-state index contributed by atoms with van der Waals surface area (Å²) in [4.78, 5) is 33.3. The van der Waals surface area contributed by atoms with Crippen LogP contribution in [0.5, 0.6) is 0 Å². The summed E-state index contributed by atoms with van der Waals surface area (Å²) in [5.74, 6) is 0.0948. The number of nitrogens with zero attached hydrogens (tertiary/aromatic N) is 2. The standard InChI is InChI=1S/C22H23N3O6/c1-2-6-18-21(31-14-5-12-23)19(15-8-10-16(11-9-15)25(29)30)20(22(27)28)17(24-18)7-3-4-13-26/h4,8-11,19,24H,2-3,5-7,14H2,1H3,(H,27,28). The summed E-state index contributed by atoms with van der Waals surface area (Å²) < 4.78 is 5.88. The van der Waals surface area contributed by atoms with Crippen molar-refractivity contribution in [2.75, 3.05) is 6.61 Å². The van der Waals surface area contributed by atoms with Crippen LogP contribution >= 0.6 is 0 Å². The average molecular weight is 425 g/mol. The topological polar surface area (TPSA) is 143 Å². The second kappa shape index (κ2) is 11.3. The van der Waals surface area contributed by atoms with E-state index in [-0.39, 0.29) is 30.7 Å². The van der Waals surface area contributed by atoms with Crippen molar-refractivity contribution in [2.24, 2.45) is 0 Å². The highest BCUT2D eigenvalue weighted by molar-refractivity contribution is 5.91. The van der Waals surface area contributed by atoms with Crippen molar-refractivity contribution in [2.45, 2.75) is 44.9 Å². The highest BCUT2D eigenvalue weighted by atomic mass is 16.6. The summed E-state index contributed by atoms with van der Waals surface area (Å²) in [6.07, 6.45) is 3.32. The minimum Gasteiger partial charge on any atom is -0.494 e. The molecule has 0 amide bonds. The molecule has 2 rings (SSSR count). The van der Waals surface area contributed by atoms with Gasteiger partial charge in [-0.05, 0) is 24.8 Å². The number of dihydropyridines is 1. The Labute approximate surface area is 179 Å². The summed E-state index contributed by atoms with van der Waals surface area (Å²) >= 11 is 0. The quantitative estimate of drug-likeness (QED) is 0.236. The summed E-state index contributed by atoms with van der Waals surface area (Å²) in [5.41, 5.74) is 1.59. The molecule has 1 atom stereocenters. The number of hydrogen-bond acceptors (Lipinski definition) is 7. The number of ether oxygens (including phenoxy) is 1. The molecule has 0 aliphatic carbocycles. The first kappa shape index (κ1) is 23.4. The van der Waals surface area contributed by atoms with Gasteiger partial charge in [0.25, 0.3) is 5.69 Å². The summed E-state index contributed by atoms with van der Waals surface area (Å²) in [6.45, 7) is 2.05. The predicted octanol–water partition coefficient (Wildman–Crippen LogP) is 3.73. The number of nitro benzene ring substituents is 1. The van der Waals surface area contributed by atoms with Crippen molar-refractivity contribution in [1.82, 2.24) is 5.32 Å². The molecule has 1 aromatic carbocycles. The fourth-order valence-electron chi connectivity index (χ4n) is 3.44. The van der Waals surface area contributed by atoms with Crippen LogP contribution in [0.1, 0.15) is 50.5 Å². The van der Waals surface area contributed by atoms with Gasteiger partial charge in [0.1, 0.15) is 18.3 Å². The van der Waals surface area contributed by atoms with Crippen LogP contribution in [0, 0.1) is 21.4 Å².